The van der Waals surface area contributed by atoms with Crippen LogP contribution in [0.25, 0.3) is 0 Å². The number of hydrogen-bond donors (Lipinski definition) is 1. The Bertz CT molecular complexity index is 83.1. The summed E-state index contributed by atoms with van der Waals surface area (Å²) in [6.07, 6.45) is 1.08. The molecule has 0 fully saturated rings. The lowest BCUT2D eigenvalue weighted by Crippen LogP contribution is -2.08. The molecule has 0 spiro atoms. The van der Waals surface area contributed by atoms with Crippen LogP contribution in [0, 0.1) is 0 Å². The highest BCUT2D eigenvalue weighted by atomic mass is 16.5. The highest BCUT2D eigenvalue weighted by Gasteiger charge is 1.95. The van der Waals surface area contributed by atoms with E-state index in [1.165, 1.54) is 0 Å². The second kappa shape index (κ2) is 5.72. The fourth-order valence-electron chi connectivity index (χ4n) is 0.446. The molecule has 0 bridgehead atoms. The van der Waals surface area contributed by atoms with Crippen molar-refractivity contribution in [3.05, 3.63) is 0 Å². The molecule has 0 rings (SSSR count). The Kier molecular flexibility index (Phi) is 5.46. The van der Waals surface area contributed by atoms with Crippen molar-refractivity contribution in [3.8, 4) is 0 Å². The van der Waals surface area contributed by atoms with Gasteiger partial charge in [-0.15, -0.1) is 0 Å². The quantitative estimate of drug-likeness (QED) is 0.431. The predicted molar refractivity (Wildman–Crippen MR) is 34.9 cm³/mol. The van der Waals surface area contributed by atoms with Crippen LogP contribution in [-0.4, -0.2) is 19.1 Å². The van der Waals surface area contributed by atoms with E-state index in [1.54, 1.807) is 0 Å². The van der Waals surface area contributed by atoms with Crippen molar-refractivity contribution in [2.45, 2.75) is 19.8 Å². The van der Waals surface area contributed by atoms with E-state index in [0.717, 1.165) is 0 Å². The van der Waals surface area contributed by atoms with Gasteiger partial charge in [0.1, 0.15) is 5.78 Å². The molecule has 0 saturated carbocycles. The lowest BCUT2D eigenvalue weighted by atomic mass is 10.2. The molecule has 0 amide bonds. The Morgan fingerprint density at radius 1 is 1.67 bits per heavy atom. The van der Waals surface area contributed by atoms with Crippen molar-refractivity contribution in [1.82, 2.24) is 0 Å². The van der Waals surface area contributed by atoms with Gasteiger partial charge in [-0.25, -0.2) is 0 Å². The van der Waals surface area contributed by atoms with Gasteiger partial charge >= 0.3 is 0 Å². The van der Waals surface area contributed by atoms with Gasteiger partial charge in [0, 0.05) is 12.8 Å². The molecule has 0 saturated heterocycles. The van der Waals surface area contributed by atoms with E-state index in [1.807, 2.05) is 6.92 Å². The lowest BCUT2D eigenvalue weighted by Gasteiger charge is -1.96. The highest BCUT2D eigenvalue weighted by molar-refractivity contribution is 5.78. The maximum atomic E-state index is 10.6. The number of nitrogens with two attached hydrogens (primary N) is 1. The average molecular weight is 131 g/mol. The Morgan fingerprint density at radius 3 is 2.78 bits per heavy atom. The van der Waals surface area contributed by atoms with Gasteiger partial charge in [-0.1, -0.05) is 6.92 Å². The number of carbonyl (C=O) groups is 1. The summed E-state index contributed by atoms with van der Waals surface area (Å²) in [6, 6.07) is 0. The summed E-state index contributed by atoms with van der Waals surface area (Å²) in [6.45, 7) is 2.50. The largest absolute Gasteiger partial charge is 0.366 e. The third-order valence-corrected chi connectivity index (χ3v) is 1.04. The van der Waals surface area contributed by atoms with Crippen LogP contribution in [0.4, 0.5) is 0 Å². The number of ketones is 1. The van der Waals surface area contributed by atoms with Gasteiger partial charge in [-0.2, -0.15) is 0 Å². The summed E-state index contributed by atoms with van der Waals surface area (Å²) in [5.74, 6) is 0.225. The lowest BCUT2D eigenvalue weighted by molar-refractivity contribution is -0.119. The molecule has 0 aliphatic rings. The van der Waals surface area contributed by atoms with E-state index in [-0.39, 0.29) is 12.5 Å². The van der Waals surface area contributed by atoms with Crippen molar-refractivity contribution in [2.75, 3.05) is 13.3 Å². The minimum atomic E-state index is 0.205. The fraction of sp³-hybridized carbons (Fsp3) is 0.833. The first kappa shape index (κ1) is 8.59. The van der Waals surface area contributed by atoms with Crippen LogP contribution in [0.3, 0.4) is 0 Å². The Balaban J connectivity index is 2.97. The zero-order valence-corrected chi connectivity index (χ0v) is 5.72. The van der Waals surface area contributed by atoms with Gasteiger partial charge in [0.15, 0.2) is 0 Å². The molecule has 0 aliphatic heterocycles. The maximum Gasteiger partial charge on any atom is 0.134 e. The summed E-state index contributed by atoms with van der Waals surface area (Å²) in [5, 5.41) is 0. The minimum Gasteiger partial charge on any atom is -0.366 e. The standard InChI is InChI=1S/C6H13NO2/c1-2-6(8)3-4-9-5-7/h2-5,7H2,1H3. The first-order valence-corrected chi connectivity index (χ1v) is 3.10. The molecule has 0 aromatic carbocycles. The summed E-state index contributed by atoms with van der Waals surface area (Å²) in [4.78, 5) is 10.6. The van der Waals surface area contributed by atoms with Crippen molar-refractivity contribution in [2.24, 2.45) is 5.73 Å². The molecule has 0 aromatic rings. The Labute approximate surface area is 55.2 Å². The average Bonchev–Trinajstić information content (AvgIpc) is 1.89. The third-order valence-electron chi connectivity index (χ3n) is 1.04. The molecule has 3 nitrogen and oxygen atoms in total. The summed E-state index contributed by atoms with van der Waals surface area (Å²) in [7, 11) is 0. The molecule has 3 heteroatoms. The zero-order valence-electron chi connectivity index (χ0n) is 5.72. The molecular formula is C6H13NO2. The van der Waals surface area contributed by atoms with Gasteiger partial charge in [0.2, 0.25) is 0 Å². The second-order valence-electron chi connectivity index (χ2n) is 1.72. The van der Waals surface area contributed by atoms with Crippen LogP contribution < -0.4 is 5.73 Å². The van der Waals surface area contributed by atoms with Crippen molar-refractivity contribution in [1.29, 1.82) is 0 Å². The van der Waals surface area contributed by atoms with Crippen LogP contribution in [0.15, 0.2) is 0 Å². The molecule has 0 aromatic heterocycles. The molecule has 54 valence electrons. The van der Waals surface area contributed by atoms with Crippen molar-refractivity contribution < 1.29 is 9.53 Å². The molecule has 0 aliphatic carbocycles. The van der Waals surface area contributed by atoms with Crippen molar-refractivity contribution in [3.63, 3.8) is 0 Å². The van der Waals surface area contributed by atoms with Crippen LogP contribution in [0.5, 0.6) is 0 Å². The van der Waals surface area contributed by atoms with E-state index in [4.69, 9.17) is 10.5 Å². The predicted octanol–water partition coefficient (Wildman–Crippen LogP) is 0.288. The van der Waals surface area contributed by atoms with Crippen molar-refractivity contribution >= 4 is 5.78 Å². The molecule has 0 radical (unpaired) electrons. The fourth-order valence-corrected chi connectivity index (χ4v) is 0.446. The third kappa shape index (κ3) is 5.46. The minimum absolute atomic E-state index is 0.205. The Morgan fingerprint density at radius 2 is 2.33 bits per heavy atom. The molecule has 0 unspecified atom stereocenters. The summed E-state index contributed by atoms with van der Waals surface area (Å²) >= 11 is 0. The molecule has 0 heterocycles. The van der Waals surface area contributed by atoms with Crippen LogP contribution in [0.1, 0.15) is 19.8 Å². The first-order chi connectivity index (χ1) is 4.31. The smallest absolute Gasteiger partial charge is 0.134 e. The van der Waals surface area contributed by atoms with E-state index in [9.17, 15) is 4.79 Å². The van der Waals surface area contributed by atoms with Crippen LogP contribution in [0.2, 0.25) is 0 Å². The van der Waals surface area contributed by atoms with E-state index >= 15 is 0 Å². The topological polar surface area (TPSA) is 52.3 Å². The summed E-state index contributed by atoms with van der Waals surface area (Å²) < 4.78 is 4.76. The van der Waals surface area contributed by atoms with Crippen LogP contribution in [-0.2, 0) is 9.53 Å². The van der Waals surface area contributed by atoms with E-state index < -0.39 is 0 Å². The van der Waals surface area contributed by atoms with E-state index in [2.05, 4.69) is 0 Å². The van der Waals surface area contributed by atoms with Gasteiger partial charge < -0.3 is 10.5 Å². The SMILES string of the molecule is CCC(=O)CCOCN. The Hall–Kier alpha value is -0.410. The molecule has 9 heavy (non-hydrogen) atoms. The van der Waals surface area contributed by atoms with Gasteiger partial charge in [-0.05, 0) is 0 Å². The summed E-state index contributed by atoms with van der Waals surface area (Å²) in [5.41, 5.74) is 5.02. The second-order valence-corrected chi connectivity index (χ2v) is 1.72. The van der Waals surface area contributed by atoms with E-state index in [0.29, 0.717) is 19.4 Å². The monoisotopic (exact) mass is 131 g/mol. The van der Waals surface area contributed by atoms with Gasteiger partial charge in [-0.3, -0.25) is 4.79 Å². The highest BCUT2D eigenvalue weighted by Crippen LogP contribution is 1.87. The van der Waals surface area contributed by atoms with Crippen LogP contribution >= 0.6 is 0 Å². The number of rotatable bonds is 5. The number of ether oxygens (including phenoxy) is 1. The number of Topliss-reactive ketones (excluding diaryl/α,β-unsaturated/α-hetero) is 1. The van der Waals surface area contributed by atoms with Gasteiger partial charge in [0.05, 0.1) is 13.3 Å². The maximum absolute atomic E-state index is 10.6. The van der Waals surface area contributed by atoms with Gasteiger partial charge in [0.25, 0.3) is 0 Å². The molecular weight excluding hydrogens is 118 g/mol. The first-order valence-electron chi connectivity index (χ1n) is 3.10. The molecule has 2 N–H and O–H groups in total. The normalized spacial score (nSPS) is 9.56. The number of carbonyl (C=O) groups excluding carboxylic acids is 1. The molecule has 0 atom stereocenters. The number of hydrogen-bond acceptors (Lipinski definition) is 3. The zero-order chi connectivity index (χ0) is 7.11.